The second-order valence-electron chi connectivity index (χ2n) is 5.56. The first kappa shape index (κ1) is 15.1. The molecule has 1 aromatic rings. The Morgan fingerprint density at radius 2 is 2.00 bits per heavy atom. The molecule has 3 nitrogen and oxygen atoms in total. The molecule has 0 saturated carbocycles. The third-order valence-electron chi connectivity index (χ3n) is 2.79. The van der Waals surface area contributed by atoms with E-state index in [0.29, 0.717) is 0 Å². The molecule has 0 aliphatic rings. The molecule has 1 rings (SSSR count). The lowest BCUT2D eigenvalue weighted by molar-refractivity contribution is 0.467. The van der Waals surface area contributed by atoms with E-state index >= 15 is 0 Å². The maximum absolute atomic E-state index is 11.4. The van der Waals surface area contributed by atoms with E-state index in [4.69, 9.17) is 0 Å². The van der Waals surface area contributed by atoms with Crippen molar-refractivity contribution in [2.75, 3.05) is 0 Å². The van der Waals surface area contributed by atoms with Crippen LogP contribution in [0, 0.1) is 5.41 Å². The van der Waals surface area contributed by atoms with Crippen LogP contribution >= 0.6 is 0 Å². The lowest BCUT2D eigenvalue weighted by atomic mass is 10.0. The number of hydrogen-bond acceptors (Lipinski definition) is 2. The Balaban J connectivity index is 3.25. The monoisotopic (exact) mass is 284 g/mol. The zero-order valence-corrected chi connectivity index (χ0v) is 13.3. The molecular weight excluding hydrogens is 264 g/mol. The van der Waals surface area contributed by atoms with E-state index in [1.54, 1.807) is 12.1 Å². The Labute approximate surface area is 111 Å². The van der Waals surface area contributed by atoms with Crippen molar-refractivity contribution < 1.29 is 13.0 Å². The maximum Gasteiger partial charge on any atom is 0.294 e. The highest BCUT2D eigenvalue weighted by Crippen LogP contribution is 2.19. The molecule has 1 aromatic carbocycles. The van der Waals surface area contributed by atoms with E-state index in [1.165, 1.54) is 6.07 Å². The van der Waals surface area contributed by atoms with Crippen molar-refractivity contribution in [1.82, 2.24) is 0 Å². The molecular formula is C13H20O3SSi. The first-order valence-corrected chi connectivity index (χ1v) is 9.02. The maximum atomic E-state index is 11.4. The van der Waals surface area contributed by atoms with Crippen LogP contribution in [0.25, 0.3) is 6.08 Å². The summed E-state index contributed by atoms with van der Waals surface area (Å²) in [5.41, 5.74) is 0.984. The molecule has 1 N–H and O–H groups in total. The van der Waals surface area contributed by atoms with Gasteiger partial charge < -0.3 is 0 Å². The zero-order chi connectivity index (χ0) is 14.0. The fraction of sp³-hybridized carbons (Fsp3) is 0.385. The summed E-state index contributed by atoms with van der Waals surface area (Å²) < 4.78 is 32.1. The molecule has 0 bridgehead atoms. The van der Waals surface area contributed by atoms with Gasteiger partial charge in [-0.3, -0.25) is 4.55 Å². The van der Waals surface area contributed by atoms with Gasteiger partial charge in [-0.25, -0.2) is 0 Å². The van der Waals surface area contributed by atoms with Gasteiger partial charge in [0.15, 0.2) is 0 Å². The standard InChI is InChI=1S/C13H20O3SSi/c1-5-10-7-6-8-11(17(14,15)16)12(10)18-9-13(2,3)4/h5-8H,1,9,18H2,2-4H3,(H,14,15,16). The molecule has 0 saturated heterocycles. The van der Waals surface area contributed by atoms with E-state index in [1.807, 2.05) is 6.07 Å². The molecule has 100 valence electrons. The predicted molar refractivity (Wildman–Crippen MR) is 78.8 cm³/mol. The Hall–Kier alpha value is -0.913. The first-order chi connectivity index (χ1) is 8.15. The van der Waals surface area contributed by atoms with Crippen LogP contribution in [0.2, 0.25) is 6.04 Å². The van der Waals surface area contributed by atoms with Gasteiger partial charge in [-0.2, -0.15) is 8.42 Å². The van der Waals surface area contributed by atoms with Gasteiger partial charge in [0, 0.05) is 0 Å². The number of hydrogen-bond donors (Lipinski definition) is 1. The zero-order valence-electron chi connectivity index (χ0n) is 11.1. The Bertz CT molecular complexity index is 542. The number of rotatable bonds is 4. The van der Waals surface area contributed by atoms with E-state index in [9.17, 15) is 13.0 Å². The van der Waals surface area contributed by atoms with Gasteiger partial charge in [-0.1, -0.05) is 51.6 Å². The second kappa shape index (κ2) is 5.38. The molecule has 0 fully saturated rings. The van der Waals surface area contributed by atoms with E-state index in [0.717, 1.165) is 16.8 Å². The molecule has 0 spiro atoms. The lowest BCUT2D eigenvalue weighted by Gasteiger charge is -2.19. The van der Waals surface area contributed by atoms with Crippen LogP contribution in [0.5, 0.6) is 0 Å². The van der Waals surface area contributed by atoms with Crippen LogP contribution in [0.4, 0.5) is 0 Å². The molecule has 18 heavy (non-hydrogen) atoms. The topological polar surface area (TPSA) is 54.4 Å². The first-order valence-electron chi connectivity index (χ1n) is 5.87. The fourth-order valence-electron chi connectivity index (χ4n) is 1.78. The molecule has 0 aliphatic heterocycles. The largest absolute Gasteiger partial charge is 0.294 e. The van der Waals surface area contributed by atoms with Gasteiger partial charge in [0.25, 0.3) is 10.1 Å². The minimum absolute atomic E-state index is 0.0517. The van der Waals surface area contributed by atoms with Gasteiger partial charge in [0.05, 0.1) is 14.4 Å². The highest BCUT2D eigenvalue weighted by atomic mass is 32.2. The third-order valence-corrected chi connectivity index (χ3v) is 7.03. The average molecular weight is 284 g/mol. The summed E-state index contributed by atoms with van der Waals surface area (Å²) in [5, 5.41) is 0.782. The summed E-state index contributed by atoms with van der Waals surface area (Å²) in [7, 11) is -4.92. The average Bonchev–Trinajstić information content (AvgIpc) is 2.23. The minimum atomic E-state index is -4.15. The fourth-order valence-corrected chi connectivity index (χ4v) is 5.23. The Morgan fingerprint density at radius 1 is 1.39 bits per heavy atom. The minimum Gasteiger partial charge on any atom is -0.282 e. The van der Waals surface area contributed by atoms with Crippen LogP contribution < -0.4 is 5.19 Å². The predicted octanol–water partition coefficient (Wildman–Crippen LogP) is 1.83. The number of benzene rings is 1. The van der Waals surface area contributed by atoms with Gasteiger partial charge in [0.1, 0.15) is 0 Å². The molecule has 5 heteroatoms. The molecule has 0 heterocycles. The van der Waals surface area contributed by atoms with Gasteiger partial charge in [-0.15, -0.1) is 0 Å². The summed E-state index contributed by atoms with van der Waals surface area (Å²) in [4.78, 5) is 0.0517. The van der Waals surface area contributed by atoms with Crippen molar-refractivity contribution in [2.45, 2.75) is 31.7 Å². The van der Waals surface area contributed by atoms with Crippen molar-refractivity contribution in [1.29, 1.82) is 0 Å². The highest BCUT2D eigenvalue weighted by Gasteiger charge is 2.19. The van der Waals surface area contributed by atoms with Crippen LogP contribution in [0.3, 0.4) is 0 Å². The molecule has 0 atom stereocenters. The highest BCUT2D eigenvalue weighted by molar-refractivity contribution is 7.86. The van der Waals surface area contributed by atoms with Crippen LogP contribution in [-0.4, -0.2) is 22.5 Å². The van der Waals surface area contributed by atoms with E-state index in [-0.39, 0.29) is 10.3 Å². The molecule has 0 unspecified atom stereocenters. The van der Waals surface area contributed by atoms with Crippen LogP contribution in [-0.2, 0) is 10.1 Å². The SMILES string of the molecule is C=Cc1cccc(S(=O)(=O)O)c1[SiH2]CC(C)(C)C. The quantitative estimate of drug-likeness (QED) is 0.678. The van der Waals surface area contributed by atoms with Crippen molar-refractivity contribution >= 4 is 30.9 Å². The van der Waals surface area contributed by atoms with E-state index in [2.05, 4.69) is 27.4 Å². The lowest BCUT2D eigenvalue weighted by Crippen LogP contribution is -2.27. The van der Waals surface area contributed by atoms with Crippen LogP contribution in [0.15, 0.2) is 29.7 Å². The summed E-state index contributed by atoms with van der Waals surface area (Å²) >= 11 is 0. The van der Waals surface area contributed by atoms with Crippen molar-refractivity contribution in [2.24, 2.45) is 5.41 Å². The molecule has 0 aromatic heterocycles. The normalized spacial score (nSPS) is 13.1. The summed E-state index contributed by atoms with van der Waals surface area (Å²) in [6.45, 7) is 10.1. The van der Waals surface area contributed by atoms with Gasteiger partial charge in [0.2, 0.25) is 0 Å². The molecule has 0 aliphatic carbocycles. The smallest absolute Gasteiger partial charge is 0.282 e. The van der Waals surface area contributed by atoms with E-state index < -0.39 is 19.6 Å². The summed E-state index contributed by atoms with van der Waals surface area (Å²) in [5.74, 6) is 0. The van der Waals surface area contributed by atoms with Crippen molar-refractivity contribution in [3.63, 3.8) is 0 Å². The molecule has 0 amide bonds. The second-order valence-corrected chi connectivity index (χ2v) is 8.66. The summed E-state index contributed by atoms with van der Waals surface area (Å²) in [6, 6.07) is 5.91. The Morgan fingerprint density at radius 3 is 2.44 bits per heavy atom. The third kappa shape index (κ3) is 4.08. The van der Waals surface area contributed by atoms with Crippen molar-refractivity contribution in [3.05, 3.63) is 30.3 Å². The summed E-state index contributed by atoms with van der Waals surface area (Å²) in [6.07, 6.45) is 1.65. The van der Waals surface area contributed by atoms with Gasteiger partial charge >= 0.3 is 0 Å². The molecule has 0 radical (unpaired) electrons. The Kier molecular flexibility index (Phi) is 4.53. The van der Waals surface area contributed by atoms with Gasteiger partial charge in [-0.05, 0) is 22.2 Å². The van der Waals surface area contributed by atoms with Crippen LogP contribution in [0.1, 0.15) is 26.3 Å². The van der Waals surface area contributed by atoms with Crippen molar-refractivity contribution in [3.8, 4) is 0 Å².